The summed E-state index contributed by atoms with van der Waals surface area (Å²) in [5, 5.41) is 0. The predicted molar refractivity (Wildman–Crippen MR) is 61.4 cm³/mol. The summed E-state index contributed by atoms with van der Waals surface area (Å²) in [6, 6.07) is 6.50. The van der Waals surface area contributed by atoms with Crippen LogP contribution in [0.1, 0.15) is 44.7 Å². The van der Waals surface area contributed by atoms with Gasteiger partial charge >= 0.3 is 0 Å². The van der Waals surface area contributed by atoms with E-state index in [1.807, 2.05) is 0 Å². The van der Waals surface area contributed by atoms with Crippen molar-refractivity contribution in [3.05, 3.63) is 29.3 Å². The molecule has 1 heterocycles. The lowest BCUT2D eigenvalue weighted by Gasteiger charge is -2.21. The van der Waals surface area contributed by atoms with Gasteiger partial charge in [-0.15, -0.1) is 0 Å². The first kappa shape index (κ1) is 9.26. The van der Waals surface area contributed by atoms with Crippen LogP contribution in [0.15, 0.2) is 18.2 Å². The molecule has 1 spiro atoms. The van der Waals surface area contributed by atoms with Gasteiger partial charge in [0, 0.05) is 12.0 Å². The lowest BCUT2D eigenvalue weighted by Crippen LogP contribution is -2.16. The molecule has 0 bridgehead atoms. The molecule has 1 heteroatoms. The van der Waals surface area contributed by atoms with Gasteiger partial charge < -0.3 is 4.74 Å². The molecule has 0 atom stereocenters. The maximum absolute atomic E-state index is 6.04. The standard InChI is InChI=1S/C14H18O/c1-13(2,3)11-5-4-6-12-10(11)9-14(15-12)7-8-14/h4-6H,7-9H2,1-3H3. The lowest BCUT2D eigenvalue weighted by atomic mass is 9.82. The quantitative estimate of drug-likeness (QED) is 0.626. The van der Waals surface area contributed by atoms with Crippen molar-refractivity contribution in [3.63, 3.8) is 0 Å². The Hall–Kier alpha value is -0.980. The summed E-state index contributed by atoms with van der Waals surface area (Å²) in [5.41, 5.74) is 3.37. The minimum atomic E-state index is 0.212. The SMILES string of the molecule is CC(C)(C)c1cccc2c1CC1(CC1)O2. The Bertz CT molecular complexity index is 408. The molecular formula is C14H18O. The van der Waals surface area contributed by atoms with Crippen LogP contribution in [-0.2, 0) is 11.8 Å². The van der Waals surface area contributed by atoms with E-state index < -0.39 is 0 Å². The van der Waals surface area contributed by atoms with Crippen molar-refractivity contribution in [2.45, 2.75) is 51.0 Å². The average Bonchev–Trinajstić information content (AvgIpc) is 2.77. The molecule has 1 aromatic rings. The Morgan fingerprint density at radius 3 is 2.53 bits per heavy atom. The highest BCUT2D eigenvalue weighted by Gasteiger charge is 2.50. The zero-order valence-corrected chi connectivity index (χ0v) is 9.76. The molecule has 3 rings (SSSR count). The lowest BCUT2D eigenvalue weighted by molar-refractivity contribution is 0.211. The van der Waals surface area contributed by atoms with Gasteiger partial charge in [-0.25, -0.2) is 0 Å². The minimum Gasteiger partial charge on any atom is -0.487 e. The van der Waals surface area contributed by atoms with Gasteiger partial charge in [0.2, 0.25) is 0 Å². The third-order valence-electron chi connectivity index (χ3n) is 3.57. The molecule has 1 nitrogen and oxygen atoms in total. The highest BCUT2D eigenvalue weighted by Crippen LogP contribution is 2.51. The van der Waals surface area contributed by atoms with Gasteiger partial charge in [0.05, 0.1) is 0 Å². The fourth-order valence-electron chi connectivity index (χ4n) is 2.56. The van der Waals surface area contributed by atoms with Crippen molar-refractivity contribution in [1.29, 1.82) is 0 Å². The normalized spacial score (nSPS) is 21.3. The maximum Gasteiger partial charge on any atom is 0.123 e. The van der Waals surface area contributed by atoms with Crippen molar-refractivity contribution in [2.24, 2.45) is 0 Å². The summed E-state index contributed by atoms with van der Waals surface area (Å²) in [4.78, 5) is 0. The second-order valence-electron chi connectivity index (χ2n) is 5.99. The number of rotatable bonds is 0. The highest BCUT2D eigenvalue weighted by molar-refractivity contribution is 5.48. The molecule has 2 aliphatic rings. The highest BCUT2D eigenvalue weighted by atomic mass is 16.5. The monoisotopic (exact) mass is 202 g/mol. The van der Waals surface area contributed by atoms with Gasteiger partial charge in [0.15, 0.2) is 0 Å². The zero-order valence-electron chi connectivity index (χ0n) is 9.76. The molecule has 0 amide bonds. The smallest absolute Gasteiger partial charge is 0.123 e. The summed E-state index contributed by atoms with van der Waals surface area (Å²) in [6.45, 7) is 6.83. The number of hydrogen-bond acceptors (Lipinski definition) is 1. The van der Waals surface area contributed by atoms with Crippen LogP contribution in [0.2, 0.25) is 0 Å². The summed E-state index contributed by atoms with van der Waals surface area (Å²) in [7, 11) is 0. The van der Waals surface area contributed by atoms with E-state index in [-0.39, 0.29) is 11.0 Å². The molecule has 1 fully saturated rings. The van der Waals surface area contributed by atoms with Crippen molar-refractivity contribution >= 4 is 0 Å². The first-order chi connectivity index (χ1) is 7.00. The molecule has 80 valence electrons. The number of hydrogen-bond donors (Lipinski definition) is 0. The number of ether oxygens (including phenoxy) is 1. The summed E-state index contributed by atoms with van der Waals surface area (Å²) >= 11 is 0. The third-order valence-corrected chi connectivity index (χ3v) is 3.57. The van der Waals surface area contributed by atoms with Gasteiger partial charge in [-0.3, -0.25) is 0 Å². The second-order valence-corrected chi connectivity index (χ2v) is 5.99. The minimum absolute atomic E-state index is 0.212. The first-order valence-corrected chi connectivity index (χ1v) is 5.82. The molecule has 1 saturated carbocycles. The van der Waals surface area contributed by atoms with E-state index in [2.05, 4.69) is 39.0 Å². The Labute approximate surface area is 91.5 Å². The van der Waals surface area contributed by atoms with Crippen LogP contribution in [-0.4, -0.2) is 5.60 Å². The third kappa shape index (κ3) is 1.37. The van der Waals surface area contributed by atoms with Crippen LogP contribution in [0, 0.1) is 0 Å². The Morgan fingerprint density at radius 2 is 1.93 bits per heavy atom. The predicted octanol–water partition coefficient (Wildman–Crippen LogP) is 3.45. The molecular weight excluding hydrogens is 184 g/mol. The van der Waals surface area contributed by atoms with Crippen LogP contribution in [0.4, 0.5) is 0 Å². The summed E-state index contributed by atoms with van der Waals surface area (Å²) in [6.07, 6.45) is 3.62. The van der Waals surface area contributed by atoms with Gasteiger partial charge in [0.25, 0.3) is 0 Å². The van der Waals surface area contributed by atoms with Crippen LogP contribution in [0.3, 0.4) is 0 Å². The van der Waals surface area contributed by atoms with Crippen molar-refractivity contribution in [1.82, 2.24) is 0 Å². The maximum atomic E-state index is 6.04. The number of benzene rings is 1. The van der Waals surface area contributed by atoms with Crippen molar-refractivity contribution in [3.8, 4) is 5.75 Å². The molecule has 0 unspecified atom stereocenters. The fourth-order valence-corrected chi connectivity index (χ4v) is 2.56. The molecule has 1 aromatic carbocycles. The van der Waals surface area contributed by atoms with E-state index in [4.69, 9.17) is 4.74 Å². The zero-order chi connectivity index (χ0) is 10.7. The molecule has 1 aliphatic heterocycles. The van der Waals surface area contributed by atoms with E-state index in [0.29, 0.717) is 0 Å². The van der Waals surface area contributed by atoms with Crippen molar-refractivity contribution < 1.29 is 4.74 Å². The number of fused-ring (bicyclic) bond motifs is 1. The van der Waals surface area contributed by atoms with E-state index in [9.17, 15) is 0 Å². The Morgan fingerprint density at radius 1 is 1.20 bits per heavy atom. The Kier molecular flexibility index (Phi) is 1.59. The first-order valence-electron chi connectivity index (χ1n) is 5.82. The van der Waals surface area contributed by atoms with Crippen molar-refractivity contribution in [2.75, 3.05) is 0 Å². The molecule has 0 N–H and O–H groups in total. The molecule has 0 radical (unpaired) electrons. The Balaban J connectivity index is 2.09. The fraction of sp³-hybridized carbons (Fsp3) is 0.571. The van der Waals surface area contributed by atoms with Crippen LogP contribution < -0.4 is 4.74 Å². The van der Waals surface area contributed by atoms with Gasteiger partial charge in [-0.2, -0.15) is 0 Å². The van der Waals surface area contributed by atoms with Gasteiger partial charge in [0.1, 0.15) is 11.4 Å². The summed E-state index contributed by atoms with van der Waals surface area (Å²) < 4.78 is 6.04. The molecule has 0 saturated heterocycles. The van der Waals surface area contributed by atoms with E-state index in [0.717, 1.165) is 12.2 Å². The van der Waals surface area contributed by atoms with Crippen LogP contribution in [0.25, 0.3) is 0 Å². The molecule has 1 aliphatic carbocycles. The summed E-state index contributed by atoms with van der Waals surface area (Å²) in [5.74, 6) is 1.14. The van der Waals surface area contributed by atoms with E-state index in [1.54, 1.807) is 0 Å². The average molecular weight is 202 g/mol. The van der Waals surface area contributed by atoms with Crippen LogP contribution >= 0.6 is 0 Å². The van der Waals surface area contributed by atoms with Gasteiger partial charge in [-0.1, -0.05) is 32.9 Å². The van der Waals surface area contributed by atoms with Crippen LogP contribution in [0.5, 0.6) is 5.75 Å². The topological polar surface area (TPSA) is 9.23 Å². The van der Waals surface area contributed by atoms with E-state index in [1.165, 1.54) is 24.0 Å². The van der Waals surface area contributed by atoms with Gasteiger partial charge in [-0.05, 0) is 29.9 Å². The second kappa shape index (κ2) is 2.58. The van der Waals surface area contributed by atoms with E-state index >= 15 is 0 Å². The molecule has 0 aromatic heterocycles. The molecule has 15 heavy (non-hydrogen) atoms. The largest absolute Gasteiger partial charge is 0.487 e.